The van der Waals surface area contributed by atoms with Crippen molar-refractivity contribution < 1.29 is 22.5 Å². The molecule has 0 aromatic carbocycles. The van der Waals surface area contributed by atoms with Gasteiger partial charge in [-0.15, -0.1) is 0 Å². The normalized spacial score (nSPS) is 12.5. The molecule has 12 heavy (non-hydrogen) atoms. The van der Waals surface area contributed by atoms with Crippen LogP contribution in [0.4, 0.5) is 0 Å². The first-order chi connectivity index (χ1) is 4.88. The van der Waals surface area contributed by atoms with E-state index in [9.17, 15) is 13.2 Å². The predicted molar refractivity (Wildman–Crippen MR) is 43.3 cm³/mol. The van der Waals surface area contributed by atoms with E-state index in [4.69, 9.17) is 4.55 Å². The van der Waals surface area contributed by atoms with Crippen LogP contribution in [0.3, 0.4) is 0 Å². The molecule has 6 nitrogen and oxygen atoms in total. The Labute approximate surface area is 70.5 Å². The molecule has 0 radical (unpaired) electrons. The van der Waals surface area contributed by atoms with Crippen molar-refractivity contribution in [3.05, 3.63) is 12.7 Å². The third-order valence-corrected chi connectivity index (χ3v) is 1.80. The SMILES string of the molecule is C=CC(=O)OC(C)S(=O)(=O)O.[NH4+]. The summed E-state index contributed by atoms with van der Waals surface area (Å²) in [5, 5.41) is 0. The first-order valence-corrected chi connectivity index (χ1v) is 4.17. The molecule has 0 saturated heterocycles. The lowest BCUT2D eigenvalue weighted by Gasteiger charge is -2.06. The molecule has 0 aromatic rings. The Bertz CT molecular complexity index is 257. The highest BCUT2D eigenvalue weighted by atomic mass is 32.2. The number of hydrogen-bond acceptors (Lipinski definition) is 4. The maximum absolute atomic E-state index is 10.4. The Hall–Kier alpha value is -0.920. The lowest BCUT2D eigenvalue weighted by Crippen LogP contribution is -2.22. The Morgan fingerprint density at radius 1 is 1.67 bits per heavy atom. The molecule has 0 aliphatic rings. The molecule has 0 rings (SSSR count). The van der Waals surface area contributed by atoms with E-state index in [0.717, 1.165) is 13.0 Å². The van der Waals surface area contributed by atoms with Gasteiger partial charge in [-0.25, -0.2) is 4.79 Å². The van der Waals surface area contributed by atoms with Crippen LogP contribution in [0.5, 0.6) is 0 Å². The largest absolute Gasteiger partial charge is 0.440 e. The van der Waals surface area contributed by atoms with Crippen molar-refractivity contribution in [3.63, 3.8) is 0 Å². The molecule has 0 fully saturated rings. The van der Waals surface area contributed by atoms with Gasteiger partial charge in [-0.2, -0.15) is 8.42 Å². The van der Waals surface area contributed by atoms with E-state index < -0.39 is 21.5 Å². The molecule has 0 bridgehead atoms. The van der Waals surface area contributed by atoms with Gasteiger partial charge in [-0.05, 0) is 6.92 Å². The fourth-order valence-corrected chi connectivity index (χ4v) is 0.489. The molecule has 0 aromatic heterocycles. The number of esters is 1. The van der Waals surface area contributed by atoms with Crippen LogP contribution < -0.4 is 6.15 Å². The molecule has 0 saturated carbocycles. The average molecular weight is 198 g/mol. The zero-order chi connectivity index (χ0) is 9.07. The predicted octanol–water partition coefficient (Wildman–Crippen LogP) is 0.326. The van der Waals surface area contributed by atoms with E-state index >= 15 is 0 Å². The van der Waals surface area contributed by atoms with Gasteiger partial charge in [0.05, 0.1) is 0 Å². The second-order valence-electron chi connectivity index (χ2n) is 1.72. The second-order valence-corrected chi connectivity index (χ2v) is 3.42. The van der Waals surface area contributed by atoms with Crippen LogP contribution >= 0.6 is 0 Å². The molecule has 0 aliphatic heterocycles. The van der Waals surface area contributed by atoms with Gasteiger partial charge in [0.15, 0.2) is 0 Å². The van der Waals surface area contributed by atoms with Crippen molar-refractivity contribution in [1.82, 2.24) is 6.15 Å². The summed E-state index contributed by atoms with van der Waals surface area (Å²) < 4.78 is 32.9. The minimum atomic E-state index is -4.30. The Kier molecular flexibility index (Phi) is 5.53. The van der Waals surface area contributed by atoms with E-state index in [0.29, 0.717) is 0 Å². The Morgan fingerprint density at radius 2 is 2.08 bits per heavy atom. The van der Waals surface area contributed by atoms with Crippen LogP contribution in [0.1, 0.15) is 6.92 Å². The molecular formula is C5H12NO5S+. The summed E-state index contributed by atoms with van der Waals surface area (Å²) in [5.74, 6) is -0.893. The minimum absolute atomic E-state index is 0. The van der Waals surface area contributed by atoms with Gasteiger partial charge < -0.3 is 10.9 Å². The van der Waals surface area contributed by atoms with Gasteiger partial charge in [0.25, 0.3) is 0 Å². The minimum Gasteiger partial charge on any atom is -0.440 e. The van der Waals surface area contributed by atoms with Gasteiger partial charge in [0.1, 0.15) is 0 Å². The number of carbonyl (C=O) groups excluding carboxylic acids is 1. The first-order valence-electron chi connectivity index (χ1n) is 2.67. The summed E-state index contributed by atoms with van der Waals surface area (Å²) in [6.07, 6.45) is 0.807. The summed E-state index contributed by atoms with van der Waals surface area (Å²) in [6, 6.07) is 0. The number of hydrogen-bond donors (Lipinski definition) is 2. The first kappa shape index (κ1) is 13.7. The van der Waals surface area contributed by atoms with Crippen molar-refractivity contribution in [2.24, 2.45) is 0 Å². The van der Waals surface area contributed by atoms with Crippen LogP contribution in [0.25, 0.3) is 0 Å². The standard InChI is InChI=1S/C5H8O5S.H3N/c1-3-5(6)10-4(2)11(7,8)9;/h3-4H,1H2,2H3,(H,7,8,9);1H3/p+1. The van der Waals surface area contributed by atoms with E-state index in [1.807, 2.05) is 0 Å². The lowest BCUT2D eigenvalue weighted by molar-refractivity contribution is -0.139. The van der Waals surface area contributed by atoms with Gasteiger partial charge in [0, 0.05) is 6.08 Å². The smallest absolute Gasteiger partial charge is 0.331 e. The fourth-order valence-electron chi connectivity index (χ4n) is 0.272. The van der Waals surface area contributed by atoms with Crippen molar-refractivity contribution >= 4 is 16.1 Å². The second kappa shape index (κ2) is 4.86. The van der Waals surface area contributed by atoms with Crippen molar-refractivity contribution in [2.45, 2.75) is 12.4 Å². The molecule has 0 spiro atoms. The van der Waals surface area contributed by atoms with Crippen LogP contribution in [0, 0.1) is 0 Å². The fraction of sp³-hybridized carbons (Fsp3) is 0.400. The highest BCUT2D eigenvalue weighted by molar-refractivity contribution is 7.86. The molecule has 0 amide bonds. The zero-order valence-electron chi connectivity index (χ0n) is 6.85. The van der Waals surface area contributed by atoms with Crippen LogP contribution in [-0.4, -0.2) is 24.4 Å². The zero-order valence-corrected chi connectivity index (χ0v) is 7.67. The van der Waals surface area contributed by atoms with Crippen molar-refractivity contribution in [1.29, 1.82) is 0 Å². The highest BCUT2D eigenvalue weighted by Gasteiger charge is 2.19. The number of ether oxygens (including phenoxy) is 1. The van der Waals surface area contributed by atoms with Crippen LogP contribution in [-0.2, 0) is 19.6 Å². The molecule has 0 heterocycles. The van der Waals surface area contributed by atoms with E-state index in [1.165, 1.54) is 0 Å². The van der Waals surface area contributed by atoms with Gasteiger partial charge in [-0.1, -0.05) is 6.58 Å². The summed E-state index contributed by atoms with van der Waals surface area (Å²) in [5.41, 5.74) is -1.55. The summed E-state index contributed by atoms with van der Waals surface area (Å²) in [7, 11) is -4.30. The highest BCUT2D eigenvalue weighted by Crippen LogP contribution is 1.99. The lowest BCUT2D eigenvalue weighted by atomic mass is 10.6. The Morgan fingerprint density at radius 3 is 2.33 bits per heavy atom. The number of quaternary nitrogens is 1. The summed E-state index contributed by atoms with van der Waals surface area (Å²) in [6.45, 7) is 4.08. The monoisotopic (exact) mass is 198 g/mol. The summed E-state index contributed by atoms with van der Waals surface area (Å²) in [4.78, 5) is 10.4. The summed E-state index contributed by atoms with van der Waals surface area (Å²) >= 11 is 0. The van der Waals surface area contributed by atoms with E-state index in [-0.39, 0.29) is 6.15 Å². The van der Waals surface area contributed by atoms with Gasteiger partial charge in [0.2, 0.25) is 5.44 Å². The topological polar surface area (TPSA) is 117 Å². The van der Waals surface area contributed by atoms with Crippen molar-refractivity contribution in [2.75, 3.05) is 0 Å². The molecule has 1 atom stereocenters. The quantitative estimate of drug-likeness (QED) is 0.385. The molecule has 72 valence electrons. The van der Waals surface area contributed by atoms with Crippen LogP contribution in [0.2, 0.25) is 0 Å². The molecular weight excluding hydrogens is 186 g/mol. The third-order valence-electron chi connectivity index (χ3n) is 0.868. The van der Waals surface area contributed by atoms with Crippen molar-refractivity contribution in [3.8, 4) is 0 Å². The maximum Gasteiger partial charge on any atom is 0.331 e. The van der Waals surface area contributed by atoms with Crippen LogP contribution in [0.15, 0.2) is 12.7 Å². The maximum atomic E-state index is 10.4. The Balaban J connectivity index is 0. The van der Waals surface area contributed by atoms with Gasteiger partial charge >= 0.3 is 16.1 Å². The third kappa shape index (κ3) is 4.83. The number of carbonyl (C=O) groups is 1. The number of rotatable bonds is 3. The average Bonchev–Trinajstić information content (AvgIpc) is 1.85. The molecule has 0 aliphatic carbocycles. The van der Waals surface area contributed by atoms with E-state index in [1.54, 1.807) is 0 Å². The molecule has 7 heteroatoms. The van der Waals surface area contributed by atoms with Gasteiger partial charge in [-0.3, -0.25) is 4.55 Å². The van der Waals surface area contributed by atoms with E-state index in [2.05, 4.69) is 11.3 Å². The molecule has 1 unspecified atom stereocenters. The molecule has 5 N–H and O–H groups in total.